The number of aromatic nitrogens is 3. The van der Waals surface area contributed by atoms with Gasteiger partial charge in [-0.25, -0.2) is 9.37 Å². The van der Waals surface area contributed by atoms with Gasteiger partial charge in [0.15, 0.2) is 5.16 Å². The summed E-state index contributed by atoms with van der Waals surface area (Å²) >= 11 is 1.49. The molecule has 0 saturated carbocycles. The van der Waals surface area contributed by atoms with Crippen LogP contribution in [0, 0.1) is 5.82 Å². The second-order valence-corrected chi connectivity index (χ2v) is 6.70. The second kappa shape index (κ2) is 6.37. The molecule has 2 aromatic carbocycles. The molecule has 0 aliphatic heterocycles. The molecule has 25 heavy (non-hydrogen) atoms. The standard InChI is InChI=1S/C19H16FN3OS/c1-2-23-18(24)17-16(14-5-3-4-6-15(14)21-17)22-19(23)25-11-12-7-9-13(20)10-8-12/h3-10,21H,2,11H2,1H3. The third-order valence-corrected chi connectivity index (χ3v) is 5.22. The molecular weight excluding hydrogens is 337 g/mol. The summed E-state index contributed by atoms with van der Waals surface area (Å²) in [7, 11) is 0. The molecule has 0 radical (unpaired) electrons. The van der Waals surface area contributed by atoms with Crippen LogP contribution in [0.2, 0.25) is 0 Å². The van der Waals surface area contributed by atoms with Crippen LogP contribution in [0.5, 0.6) is 0 Å². The Bertz CT molecular complexity index is 1120. The van der Waals surface area contributed by atoms with Gasteiger partial charge < -0.3 is 4.98 Å². The van der Waals surface area contributed by atoms with E-state index in [-0.39, 0.29) is 11.4 Å². The molecule has 0 spiro atoms. The lowest BCUT2D eigenvalue weighted by Crippen LogP contribution is -2.22. The van der Waals surface area contributed by atoms with Gasteiger partial charge in [0.1, 0.15) is 16.9 Å². The van der Waals surface area contributed by atoms with E-state index in [0.717, 1.165) is 16.5 Å². The van der Waals surface area contributed by atoms with Crippen LogP contribution in [0.25, 0.3) is 21.9 Å². The topological polar surface area (TPSA) is 50.7 Å². The van der Waals surface area contributed by atoms with Crippen LogP contribution < -0.4 is 5.56 Å². The van der Waals surface area contributed by atoms with Crippen molar-refractivity contribution in [3.63, 3.8) is 0 Å². The Morgan fingerprint density at radius 1 is 1.16 bits per heavy atom. The molecule has 0 amide bonds. The quantitative estimate of drug-likeness (QED) is 0.439. The zero-order valence-electron chi connectivity index (χ0n) is 13.6. The van der Waals surface area contributed by atoms with Gasteiger partial charge in [0.25, 0.3) is 5.56 Å². The monoisotopic (exact) mass is 353 g/mol. The molecule has 6 heteroatoms. The van der Waals surface area contributed by atoms with Crippen molar-refractivity contribution < 1.29 is 4.39 Å². The van der Waals surface area contributed by atoms with E-state index in [1.807, 2.05) is 31.2 Å². The van der Waals surface area contributed by atoms with Crippen molar-refractivity contribution in [3.8, 4) is 0 Å². The Morgan fingerprint density at radius 3 is 2.68 bits per heavy atom. The van der Waals surface area contributed by atoms with Crippen LogP contribution in [0.15, 0.2) is 58.5 Å². The van der Waals surface area contributed by atoms with Crippen molar-refractivity contribution in [2.75, 3.05) is 0 Å². The van der Waals surface area contributed by atoms with E-state index in [0.29, 0.717) is 28.5 Å². The van der Waals surface area contributed by atoms with Crippen molar-refractivity contribution >= 4 is 33.7 Å². The fourth-order valence-electron chi connectivity index (χ4n) is 2.89. The zero-order valence-corrected chi connectivity index (χ0v) is 14.4. The lowest BCUT2D eigenvalue weighted by molar-refractivity contribution is 0.627. The van der Waals surface area contributed by atoms with Gasteiger partial charge in [0.05, 0.1) is 0 Å². The summed E-state index contributed by atoms with van der Waals surface area (Å²) in [6, 6.07) is 14.2. The van der Waals surface area contributed by atoms with Crippen molar-refractivity contribution in [1.29, 1.82) is 0 Å². The van der Waals surface area contributed by atoms with Gasteiger partial charge in [0, 0.05) is 23.2 Å². The summed E-state index contributed by atoms with van der Waals surface area (Å²) in [6.45, 7) is 2.47. The average Bonchev–Trinajstić information content (AvgIpc) is 3.00. The smallest absolute Gasteiger partial charge is 0.278 e. The first-order valence-electron chi connectivity index (χ1n) is 8.06. The Kier molecular flexibility index (Phi) is 4.05. The molecule has 0 fully saturated rings. The fourth-order valence-corrected chi connectivity index (χ4v) is 3.91. The van der Waals surface area contributed by atoms with Gasteiger partial charge >= 0.3 is 0 Å². The molecule has 2 heterocycles. The maximum Gasteiger partial charge on any atom is 0.278 e. The zero-order chi connectivity index (χ0) is 17.4. The molecule has 4 aromatic rings. The summed E-state index contributed by atoms with van der Waals surface area (Å²) in [5, 5.41) is 1.62. The van der Waals surface area contributed by atoms with E-state index in [1.54, 1.807) is 16.7 Å². The number of para-hydroxylation sites is 1. The van der Waals surface area contributed by atoms with Gasteiger partial charge in [-0.15, -0.1) is 0 Å². The molecule has 0 bridgehead atoms. The first kappa shape index (κ1) is 15.9. The van der Waals surface area contributed by atoms with E-state index in [4.69, 9.17) is 4.98 Å². The van der Waals surface area contributed by atoms with Crippen molar-refractivity contribution in [2.45, 2.75) is 24.4 Å². The maximum absolute atomic E-state index is 13.0. The molecule has 126 valence electrons. The first-order valence-corrected chi connectivity index (χ1v) is 9.04. The van der Waals surface area contributed by atoms with E-state index in [9.17, 15) is 9.18 Å². The summed E-state index contributed by atoms with van der Waals surface area (Å²) in [5.41, 5.74) is 3.07. The minimum absolute atomic E-state index is 0.0645. The molecule has 4 nitrogen and oxygen atoms in total. The number of nitrogens with zero attached hydrogens (tertiary/aromatic N) is 2. The lowest BCUT2D eigenvalue weighted by atomic mass is 10.2. The molecule has 0 aliphatic rings. The number of hydrogen-bond donors (Lipinski definition) is 1. The molecule has 0 unspecified atom stereocenters. The minimum atomic E-state index is -0.252. The summed E-state index contributed by atoms with van der Waals surface area (Å²) in [6.07, 6.45) is 0. The minimum Gasteiger partial charge on any atom is -0.349 e. The van der Waals surface area contributed by atoms with Crippen LogP contribution in [0.3, 0.4) is 0 Å². The normalized spacial score (nSPS) is 11.4. The van der Waals surface area contributed by atoms with E-state index in [2.05, 4.69) is 4.98 Å². The number of thioether (sulfide) groups is 1. The molecule has 0 atom stereocenters. The first-order chi connectivity index (χ1) is 12.2. The van der Waals surface area contributed by atoms with Crippen LogP contribution in [-0.2, 0) is 12.3 Å². The Morgan fingerprint density at radius 2 is 1.92 bits per heavy atom. The molecular formula is C19H16FN3OS. The highest BCUT2D eigenvalue weighted by atomic mass is 32.2. The maximum atomic E-state index is 13.0. The van der Waals surface area contributed by atoms with Gasteiger partial charge in [-0.05, 0) is 30.7 Å². The van der Waals surface area contributed by atoms with E-state index in [1.165, 1.54) is 23.9 Å². The van der Waals surface area contributed by atoms with Crippen molar-refractivity contribution in [2.24, 2.45) is 0 Å². The Balaban J connectivity index is 1.80. The van der Waals surface area contributed by atoms with E-state index >= 15 is 0 Å². The predicted octanol–water partition coefficient (Wildman–Crippen LogP) is 4.33. The van der Waals surface area contributed by atoms with Crippen LogP contribution in [-0.4, -0.2) is 14.5 Å². The van der Waals surface area contributed by atoms with E-state index < -0.39 is 0 Å². The molecule has 4 rings (SSSR count). The lowest BCUT2D eigenvalue weighted by Gasteiger charge is -2.09. The highest BCUT2D eigenvalue weighted by molar-refractivity contribution is 7.98. The average molecular weight is 353 g/mol. The fraction of sp³-hybridized carbons (Fsp3) is 0.158. The number of aromatic amines is 1. The molecule has 0 saturated heterocycles. The third kappa shape index (κ3) is 2.82. The Hall–Kier alpha value is -2.60. The summed E-state index contributed by atoms with van der Waals surface area (Å²) in [4.78, 5) is 20.8. The highest BCUT2D eigenvalue weighted by Crippen LogP contribution is 2.26. The molecule has 0 aliphatic carbocycles. The van der Waals surface area contributed by atoms with Gasteiger partial charge in [-0.3, -0.25) is 9.36 Å². The van der Waals surface area contributed by atoms with Crippen LogP contribution >= 0.6 is 11.8 Å². The summed E-state index contributed by atoms with van der Waals surface area (Å²) in [5.74, 6) is 0.373. The highest BCUT2D eigenvalue weighted by Gasteiger charge is 2.15. The SMILES string of the molecule is CCn1c(SCc2ccc(F)cc2)nc2c([nH]c3ccccc32)c1=O. The number of benzene rings is 2. The number of H-pyrrole nitrogens is 1. The molecule has 2 aromatic heterocycles. The number of nitrogens with one attached hydrogen (secondary N) is 1. The van der Waals surface area contributed by atoms with Gasteiger partial charge in [-0.2, -0.15) is 0 Å². The number of fused-ring (bicyclic) bond motifs is 3. The third-order valence-electron chi connectivity index (χ3n) is 4.17. The second-order valence-electron chi connectivity index (χ2n) is 5.75. The largest absolute Gasteiger partial charge is 0.349 e. The van der Waals surface area contributed by atoms with Crippen LogP contribution in [0.1, 0.15) is 12.5 Å². The number of rotatable bonds is 4. The van der Waals surface area contributed by atoms with Crippen molar-refractivity contribution in [1.82, 2.24) is 14.5 Å². The molecule has 1 N–H and O–H groups in total. The number of hydrogen-bond acceptors (Lipinski definition) is 3. The van der Waals surface area contributed by atoms with Crippen LogP contribution in [0.4, 0.5) is 4.39 Å². The Labute approximate surface area is 147 Å². The van der Waals surface area contributed by atoms with Gasteiger partial charge in [0.2, 0.25) is 0 Å². The summed E-state index contributed by atoms with van der Waals surface area (Å²) < 4.78 is 14.7. The number of halogens is 1. The predicted molar refractivity (Wildman–Crippen MR) is 99.5 cm³/mol. The van der Waals surface area contributed by atoms with Crippen molar-refractivity contribution in [3.05, 3.63) is 70.3 Å². The van der Waals surface area contributed by atoms with Gasteiger partial charge in [-0.1, -0.05) is 42.1 Å².